The van der Waals surface area contributed by atoms with Crippen LogP contribution in [0.5, 0.6) is 0 Å². The largest absolute Gasteiger partial charge is 0.294 e. The summed E-state index contributed by atoms with van der Waals surface area (Å²) in [6, 6.07) is 13.6. The predicted molar refractivity (Wildman–Crippen MR) is 87.4 cm³/mol. The molecule has 0 amide bonds. The topological polar surface area (TPSA) is 17.1 Å². The lowest BCUT2D eigenvalue weighted by atomic mass is 9.89. The number of Topliss-reactive ketones (excluding diaryl/α,β-unsaturated/α-hetero) is 1. The summed E-state index contributed by atoms with van der Waals surface area (Å²) < 4.78 is 0. The number of fused-ring (bicyclic) bond motifs is 1. The monoisotopic (exact) mass is 318 g/mol. The number of benzene rings is 2. The number of hydrogen-bond donors (Lipinski definition) is 0. The normalized spacial score (nSPS) is 18.2. The molecule has 1 unspecified atom stereocenters. The first kappa shape index (κ1) is 14.6. The highest BCUT2D eigenvalue weighted by atomic mass is 35.5. The summed E-state index contributed by atoms with van der Waals surface area (Å²) in [5.74, 6) is 0.292. The summed E-state index contributed by atoms with van der Waals surface area (Å²) >= 11 is 12.0. The van der Waals surface area contributed by atoms with Crippen LogP contribution in [0.4, 0.5) is 0 Å². The molecule has 3 heteroatoms. The van der Waals surface area contributed by atoms with Crippen molar-refractivity contribution in [3.8, 4) is 0 Å². The SMILES string of the molecule is O=C1c2ccccc2CCCC1Cc1ccc(Cl)c(Cl)c1. The van der Waals surface area contributed by atoms with Crippen molar-refractivity contribution in [1.82, 2.24) is 0 Å². The number of aryl methyl sites for hydroxylation is 1. The van der Waals surface area contributed by atoms with Crippen LogP contribution in [-0.4, -0.2) is 5.78 Å². The van der Waals surface area contributed by atoms with Crippen molar-refractivity contribution in [3.05, 3.63) is 69.2 Å². The highest BCUT2D eigenvalue weighted by Crippen LogP contribution is 2.29. The van der Waals surface area contributed by atoms with E-state index < -0.39 is 0 Å². The Labute approximate surface area is 134 Å². The van der Waals surface area contributed by atoms with Crippen LogP contribution in [0, 0.1) is 5.92 Å². The quantitative estimate of drug-likeness (QED) is 0.680. The van der Waals surface area contributed by atoms with Gasteiger partial charge in [0, 0.05) is 11.5 Å². The number of hydrogen-bond acceptors (Lipinski definition) is 1. The van der Waals surface area contributed by atoms with E-state index in [4.69, 9.17) is 23.2 Å². The van der Waals surface area contributed by atoms with E-state index >= 15 is 0 Å². The summed E-state index contributed by atoms with van der Waals surface area (Å²) in [4.78, 5) is 12.7. The maximum absolute atomic E-state index is 12.7. The van der Waals surface area contributed by atoms with E-state index in [9.17, 15) is 4.79 Å². The highest BCUT2D eigenvalue weighted by molar-refractivity contribution is 6.42. The smallest absolute Gasteiger partial charge is 0.166 e. The first-order valence-corrected chi connectivity index (χ1v) is 7.97. The zero-order chi connectivity index (χ0) is 14.8. The molecule has 3 rings (SSSR count). The first-order chi connectivity index (χ1) is 10.1. The number of carbonyl (C=O) groups excluding carboxylic acids is 1. The van der Waals surface area contributed by atoms with Gasteiger partial charge in [0.15, 0.2) is 5.78 Å². The van der Waals surface area contributed by atoms with Gasteiger partial charge in [-0.3, -0.25) is 4.79 Å². The molecule has 0 N–H and O–H groups in total. The van der Waals surface area contributed by atoms with Gasteiger partial charge in [-0.15, -0.1) is 0 Å². The number of carbonyl (C=O) groups is 1. The number of rotatable bonds is 2. The third-order valence-corrected chi connectivity index (χ3v) is 4.86. The Balaban J connectivity index is 1.85. The Kier molecular flexibility index (Phi) is 4.32. The maximum atomic E-state index is 12.7. The molecular formula is C18H16Cl2O. The average Bonchev–Trinajstić information content (AvgIpc) is 2.64. The van der Waals surface area contributed by atoms with Crippen LogP contribution in [0.1, 0.15) is 34.3 Å². The Morgan fingerprint density at radius 3 is 2.67 bits per heavy atom. The van der Waals surface area contributed by atoms with Gasteiger partial charge in [-0.25, -0.2) is 0 Å². The van der Waals surface area contributed by atoms with Crippen LogP contribution in [0.2, 0.25) is 10.0 Å². The average molecular weight is 319 g/mol. The Bertz CT molecular complexity index is 679. The molecule has 0 spiro atoms. The number of ketones is 1. The summed E-state index contributed by atoms with van der Waals surface area (Å²) in [7, 11) is 0. The molecular weight excluding hydrogens is 303 g/mol. The molecule has 1 atom stereocenters. The minimum Gasteiger partial charge on any atom is -0.294 e. The van der Waals surface area contributed by atoms with Crippen molar-refractivity contribution < 1.29 is 4.79 Å². The zero-order valence-electron chi connectivity index (χ0n) is 11.6. The lowest BCUT2D eigenvalue weighted by Crippen LogP contribution is -2.16. The molecule has 0 heterocycles. The molecule has 2 aromatic rings. The third-order valence-electron chi connectivity index (χ3n) is 4.12. The Morgan fingerprint density at radius 1 is 1.05 bits per heavy atom. The fourth-order valence-corrected chi connectivity index (χ4v) is 3.34. The molecule has 0 saturated heterocycles. The van der Waals surface area contributed by atoms with Gasteiger partial charge in [0.1, 0.15) is 0 Å². The van der Waals surface area contributed by atoms with Crippen LogP contribution >= 0.6 is 23.2 Å². The van der Waals surface area contributed by atoms with Crippen molar-refractivity contribution in [3.63, 3.8) is 0 Å². The van der Waals surface area contributed by atoms with Gasteiger partial charge in [-0.05, 0) is 48.9 Å². The van der Waals surface area contributed by atoms with Crippen LogP contribution in [0.25, 0.3) is 0 Å². The molecule has 1 aliphatic rings. The fourth-order valence-electron chi connectivity index (χ4n) is 3.01. The van der Waals surface area contributed by atoms with Crippen molar-refractivity contribution in [1.29, 1.82) is 0 Å². The minimum atomic E-state index is 0.0332. The van der Waals surface area contributed by atoms with Crippen molar-refractivity contribution in [2.24, 2.45) is 5.92 Å². The van der Waals surface area contributed by atoms with E-state index in [0.29, 0.717) is 10.0 Å². The van der Waals surface area contributed by atoms with Crippen molar-refractivity contribution >= 4 is 29.0 Å². The molecule has 108 valence electrons. The first-order valence-electron chi connectivity index (χ1n) is 7.21. The van der Waals surface area contributed by atoms with E-state index in [1.807, 2.05) is 30.3 Å². The fraction of sp³-hybridized carbons (Fsp3) is 0.278. The molecule has 0 aliphatic heterocycles. The minimum absolute atomic E-state index is 0.0332. The summed E-state index contributed by atoms with van der Waals surface area (Å²) in [6.07, 6.45) is 3.69. The molecule has 0 aromatic heterocycles. The highest BCUT2D eigenvalue weighted by Gasteiger charge is 2.25. The number of halogens is 2. The van der Waals surface area contributed by atoms with Gasteiger partial charge in [-0.2, -0.15) is 0 Å². The summed E-state index contributed by atoms with van der Waals surface area (Å²) in [5.41, 5.74) is 3.14. The van der Waals surface area contributed by atoms with Crippen LogP contribution in [0.3, 0.4) is 0 Å². The van der Waals surface area contributed by atoms with Crippen LogP contribution < -0.4 is 0 Å². The van der Waals surface area contributed by atoms with Gasteiger partial charge >= 0.3 is 0 Å². The van der Waals surface area contributed by atoms with Gasteiger partial charge in [0.2, 0.25) is 0 Å². The molecule has 21 heavy (non-hydrogen) atoms. The predicted octanol–water partition coefficient (Wildman–Crippen LogP) is 5.37. The molecule has 2 aromatic carbocycles. The Hall–Kier alpha value is -1.31. The second-order valence-corrected chi connectivity index (χ2v) is 6.38. The van der Waals surface area contributed by atoms with Crippen LogP contribution in [-0.2, 0) is 12.8 Å². The molecule has 0 fully saturated rings. The molecule has 0 saturated carbocycles. The standard InChI is InChI=1S/C18H16Cl2O/c19-16-9-8-12(11-17(16)20)10-14-6-3-5-13-4-1-2-7-15(13)18(14)21/h1-2,4,7-9,11,14H,3,5-6,10H2. The van der Waals surface area contributed by atoms with E-state index in [-0.39, 0.29) is 11.7 Å². The third kappa shape index (κ3) is 3.14. The van der Waals surface area contributed by atoms with Gasteiger partial charge < -0.3 is 0 Å². The maximum Gasteiger partial charge on any atom is 0.166 e. The van der Waals surface area contributed by atoms with Gasteiger partial charge in [0.25, 0.3) is 0 Å². The second-order valence-electron chi connectivity index (χ2n) is 5.56. The lowest BCUT2D eigenvalue weighted by molar-refractivity contribution is 0.0915. The Morgan fingerprint density at radius 2 is 1.86 bits per heavy atom. The van der Waals surface area contributed by atoms with Crippen molar-refractivity contribution in [2.75, 3.05) is 0 Å². The second kappa shape index (κ2) is 6.21. The lowest BCUT2D eigenvalue weighted by Gasteiger charge is -2.14. The van der Waals surface area contributed by atoms with E-state index in [2.05, 4.69) is 6.07 Å². The van der Waals surface area contributed by atoms with E-state index in [0.717, 1.165) is 36.8 Å². The van der Waals surface area contributed by atoms with E-state index in [1.54, 1.807) is 6.07 Å². The summed E-state index contributed by atoms with van der Waals surface area (Å²) in [5, 5.41) is 1.11. The molecule has 1 nitrogen and oxygen atoms in total. The van der Waals surface area contributed by atoms with E-state index in [1.165, 1.54) is 5.56 Å². The summed E-state index contributed by atoms with van der Waals surface area (Å²) in [6.45, 7) is 0. The molecule has 0 radical (unpaired) electrons. The van der Waals surface area contributed by atoms with Crippen LogP contribution in [0.15, 0.2) is 42.5 Å². The van der Waals surface area contributed by atoms with Crippen molar-refractivity contribution in [2.45, 2.75) is 25.7 Å². The van der Waals surface area contributed by atoms with Gasteiger partial charge in [-0.1, -0.05) is 53.5 Å². The zero-order valence-corrected chi connectivity index (χ0v) is 13.1. The van der Waals surface area contributed by atoms with Gasteiger partial charge in [0.05, 0.1) is 10.0 Å². The molecule has 0 bridgehead atoms. The molecule has 1 aliphatic carbocycles.